The molecule has 1 aromatic rings. The Morgan fingerprint density at radius 3 is 2.81 bits per heavy atom. The van der Waals surface area contributed by atoms with Crippen molar-refractivity contribution in [2.45, 2.75) is 33.1 Å². The minimum atomic E-state index is 0.264. The molecule has 88 valence electrons. The lowest BCUT2D eigenvalue weighted by atomic mass is 9.69. The third kappa shape index (κ3) is 2.33. The third-order valence-electron chi connectivity index (χ3n) is 4.03. The molecule has 1 nitrogen and oxygen atoms in total. The second-order valence-corrected chi connectivity index (χ2v) is 6.46. The summed E-state index contributed by atoms with van der Waals surface area (Å²) in [6, 6.07) is 6.67. The molecule has 2 N–H and O–H groups in total. The van der Waals surface area contributed by atoms with Gasteiger partial charge >= 0.3 is 0 Å². The van der Waals surface area contributed by atoms with Crippen LogP contribution in [0, 0.1) is 11.3 Å². The van der Waals surface area contributed by atoms with Gasteiger partial charge in [-0.15, -0.1) is 0 Å². The van der Waals surface area contributed by atoms with E-state index in [1.54, 1.807) is 0 Å². The molecule has 0 heterocycles. The second kappa shape index (κ2) is 4.50. The minimum absolute atomic E-state index is 0.264. The van der Waals surface area contributed by atoms with Gasteiger partial charge in [-0.3, -0.25) is 0 Å². The highest BCUT2D eigenvalue weighted by Crippen LogP contribution is 2.37. The van der Waals surface area contributed by atoms with E-state index >= 15 is 0 Å². The predicted octanol–water partition coefficient (Wildman–Crippen LogP) is 3.54. The van der Waals surface area contributed by atoms with E-state index in [1.807, 2.05) is 0 Å². The zero-order valence-corrected chi connectivity index (χ0v) is 11.7. The number of hydrogen-bond acceptors (Lipinski definition) is 1. The first kappa shape index (κ1) is 12.1. The molecular formula is C14H20BrN. The maximum absolute atomic E-state index is 5.88. The van der Waals surface area contributed by atoms with Gasteiger partial charge in [0.25, 0.3) is 0 Å². The van der Waals surface area contributed by atoms with Crippen molar-refractivity contribution < 1.29 is 0 Å². The summed E-state index contributed by atoms with van der Waals surface area (Å²) in [5.41, 5.74) is 9.17. The summed E-state index contributed by atoms with van der Waals surface area (Å²) in [6.07, 6.45) is 3.66. The highest BCUT2D eigenvalue weighted by atomic mass is 79.9. The molecule has 0 radical (unpaired) electrons. The first-order valence-electron chi connectivity index (χ1n) is 6.00. The molecule has 1 unspecified atom stereocenters. The molecule has 0 bridgehead atoms. The summed E-state index contributed by atoms with van der Waals surface area (Å²) in [6.45, 7) is 5.36. The predicted molar refractivity (Wildman–Crippen MR) is 72.5 cm³/mol. The Labute approximate surface area is 107 Å². The van der Waals surface area contributed by atoms with E-state index in [9.17, 15) is 0 Å². The van der Waals surface area contributed by atoms with Gasteiger partial charge in [0.15, 0.2) is 0 Å². The maximum atomic E-state index is 5.88. The molecule has 1 aliphatic rings. The Morgan fingerprint density at radius 1 is 1.38 bits per heavy atom. The Bertz CT molecular complexity index is 384. The Hall–Kier alpha value is -0.340. The van der Waals surface area contributed by atoms with Crippen molar-refractivity contribution in [3.63, 3.8) is 0 Å². The van der Waals surface area contributed by atoms with Gasteiger partial charge in [0, 0.05) is 4.47 Å². The number of hydrogen-bond donors (Lipinski definition) is 1. The van der Waals surface area contributed by atoms with Gasteiger partial charge in [-0.1, -0.05) is 35.8 Å². The summed E-state index contributed by atoms with van der Waals surface area (Å²) in [4.78, 5) is 0. The molecule has 0 fully saturated rings. The summed E-state index contributed by atoms with van der Waals surface area (Å²) < 4.78 is 1.19. The van der Waals surface area contributed by atoms with Gasteiger partial charge in [-0.05, 0) is 60.4 Å². The number of nitrogens with two attached hydrogens (primary N) is 1. The van der Waals surface area contributed by atoms with E-state index in [4.69, 9.17) is 5.73 Å². The normalized spacial score (nSPS) is 20.6. The fourth-order valence-electron chi connectivity index (χ4n) is 2.56. The average molecular weight is 282 g/mol. The third-order valence-corrected chi connectivity index (χ3v) is 4.52. The molecule has 2 heteroatoms. The molecule has 0 aliphatic heterocycles. The monoisotopic (exact) mass is 281 g/mol. The Morgan fingerprint density at radius 2 is 2.12 bits per heavy atom. The van der Waals surface area contributed by atoms with Crippen LogP contribution in [0.5, 0.6) is 0 Å². The molecule has 1 aliphatic carbocycles. The fourth-order valence-corrected chi connectivity index (χ4v) is 2.97. The Balaban J connectivity index is 2.23. The second-order valence-electron chi connectivity index (χ2n) is 5.55. The van der Waals surface area contributed by atoms with Crippen LogP contribution in [0.15, 0.2) is 22.7 Å². The molecule has 0 saturated heterocycles. The van der Waals surface area contributed by atoms with Crippen LogP contribution < -0.4 is 5.73 Å². The van der Waals surface area contributed by atoms with Crippen LogP contribution in [0.1, 0.15) is 31.4 Å². The molecule has 16 heavy (non-hydrogen) atoms. The van der Waals surface area contributed by atoms with Crippen molar-refractivity contribution in [1.29, 1.82) is 0 Å². The number of benzene rings is 1. The van der Waals surface area contributed by atoms with Crippen molar-refractivity contribution in [3.05, 3.63) is 33.8 Å². The lowest BCUT2D eigenvalue weighted by Crippen LogP contribution is -2.35. The number of fused-ring (bicyclic) bond motifs is 1. The molecule has 2 rings (SSSR count). The largest absolute Gasteiger partial charge is 0.330 e. The van der Waals surface area contributed by atoms with Crippen molar-refractivity contribution >= 4 is 15.9 Å². The summed E-state index contributed by atoms with van der Waals surface area (Å²) in [7, 11) is 0. The maximum Gasteiger partial charge on any atom is 0.0178 e. The lowest BCUT2D eigenvalue weighted by molar-refractivity contribution is 0.199. The van der Waals surface area contributed by atoms with Crippen molar-refractivity contribution in [2.75, 3.05) is 6.54 Å². The van der Waals surface area contributed by atoms with E-state index in [2.05, 4.69) is 48.0 Å². The van der Waals surface area contributed by atoms with Gasteiger partial charge in [0.1, 0.15) is 0 Å². The SMILES string of the molecule is CC(C)(CN)C1CCc2ccc(Br)cc2C1. The molecule has 0 amide bonds. The van der Waals surface area contributed by atoms with Crippen molar-refractivity contribution in [2.24, 2.45) is 17.1 Å². The fraction of sp³-hybridized carbons (Fsp3) is 0.571. The molecule has 1 aromatic carbocycles. The zero-order chi connectivity index (χ0) is 11.8. The number of rotatable bonds is 2. The van der Waals surface area contributed by atoms with Crippen molar-refractivity contribution in [3.8, 4) is 0 Å². The van der Waals surface area contributed by atoms with E-state index in [-0.39, 0.29) is 5.41 Å². The van der Waals surface area contributed by atoms with Crippen molar-refractivity contribution in [1.82, 2.24) is 0 Å². The highest BCUT2D eigenvalue weighted by Gasteiger charge is 2.31. The van der Waals surface area contributed by atoms with Crippen LogP contribution in [-0.2, 0) is 12.8 Å². The first-order chi connectivity index (χ1) is 7.53. The Kier molecular flexibility index (Phi) is 3.41. The molecule has 1 atom stereocenters. The average Bonchev–Trinajstić information content (AvgIpc) is 2.28. The smallest absolute Gasteiger partial charge is 0.0178 e. The van der Waals surface area contributed by atoms with E-state index in [0.717, 1.165) is 12.5 Å². The van der Waals surface area contributed by atoms with E-state index < -0.39 is 0 Å². The minimum Gasteiger partial charge on any atom is -0.330 e. The van der Waals surface area contributed by atoms with Gasteiger partial charge < -0.3 is 5.73 Å². The van der Waals surface area contributed by atoms with Crippen LogP contribution in [0.4, 0.5) is 0 Å². The highest BCUT2D eigenvalue weighted by molar-refractivity contribution is 9.10. The first-order valence-corrected chi connectivity index (χ1v) is 6.79. The zero-order valence-electron chi connectivity index (χ0n) is 10.1. The van der Waals surface area contributed by atoms with Gasteiger partial charge in [0.05, 0.1) is 0 Å². The van der Waals surface area contributed by atoms with Gasteiger partial charge in [0.2, 0.25) is 0 Å². The molecule has 0 spiro atoms. The quantitative estimate of drug-likeness (QED) is 0.882. The molecule has 0 saturated carbocycles. The molecular weight excluding hydrogens is 262 g/mol. The van der Waals surface area contributed by atoms with Gasteiger partial charge in [-0.2, -0.15) is 0 Å². The van der Waals surface area contributed by atoms with Crippen LogP contribution in [0.25, 0.3) is 0 Å². The van der Waals surface area contributed by atoms with E-state index in [0.29, 0.717) is 0 Å². The summed E-state index contributed by atoms with van der Waals surface area (Å²) in [5, 5.41) is 0. The van der Waals surface area contributed by atoms with Crippen LogP contribution in [-0.4, -0.2) is 6.54 Å². The molecule has 0 aromatic heterocycles. The standard InChI is InChI=1S/C14H20BrN/c1-14(2,9-16)12-5-3-10-4-6-13(15)8-11(10)7-12/h4,6,8,12H,3,5,7,9,16H2,1-2H3. The number of aryl methyl sites for hydroxylation is 1. The summed E-state index contributed by atoms with van der Waals surface area (Å²) in [5.74, 6) is 0.722. The van der Waals surface area contributed by atoms with Gasteiger partial charge in [-0.25, -0.2) is 0 Å². The lowest BCUT2D eigenvalue weighted by Gasteiger charge is -2.37. The summed E-state index contributed by atoms with van der Waals surface area (Å²) >= 11 is 3.55. The van der Waals surface area contributed by atoms with E-state index in [1.165, 1.54) is 34.9 Å². The van der Waals surface area contributed by atoms with Crippen LogP contribution in [0.3, 0.4) is 0 Å². The van der Waals surface area contributed by atoms with Crippen LogP contribution >= 0.6 is 15.9 Å². The topological polar surface area (TPSA) is 26.0 Å². The van der Waals surface area contributed by atoms with Crippen LogP contribution in [0.2, 0.25) is 0 Å². The number of halogens is 1.